The van der Waals surface area contributed by atoms with Crippen LogP contribution in [0.2, 0.25) is 0 Å². The summed E-state index contributed by atoms with van der Waals surface area (Å²) in [6, 6.07) is 22.4. The number of ether oxygens (including phenoxy) is 1. The van der Waals surface area contributed by atoms with Crippen LogP contribution in [0.1, 0.15) is 29.2 Å². The van der Waals surface area contributed by atoms with Crippen LogP contribution < -0.4 is 10.1 Å². The van der Waals surface area contributed by atoms with Gasteiger partial charge in [0.2, 0.25) is 0 Å². The fraction of sp³-hybridized carbons (Fsp3) is 0.240. The minimum absolute atomic E-state index is 0.157. The van der Waals surface area contributed by atoms with E-state index in [2.05, 4.69) is 30.4 Å². The van der Waals surface area contributed by atoms with Crippen LogP contribution in [0.4, 0.5) is 5.69 Å². The van der Waals surface area contributed by atoms with E-state index in [0.29, 0.717) is 0 Å². The van der Waals surface area contributed by atoms with E-state index in [1.807, 2.05) is 62.4 Å². The molecule has 0 aromatic heterocycles. The van der Waals surface area contributed by atoms with Gasteiger partial charge in [-0.05, 0) is 80.3 Å². The number of hydrogen-bond donors (Lipinski definition) is 1. The van der Waals surface area contributed by atoms with Crippen molar-refractivity contribution in [2.45, 2.75) is 44.4 Å². The van der Waals surface area contributed by atoms with Crippen molar-refractivity contribution in [1.29, 1.82) is 0 Å². The van der Waals surface area contributed by atoms with Gasteiger partial charge < -0.3 is 10.1 Å². The zero-order chi connectivity index (χ0) is 20.8. The van der Waals surface area contributed by atoms with Crippen molar-refractivity contribution in [3.63, 3.8) is 0 Å². The van der Waals surface area contributed by atoms with Crippen molar-refractivity contribution in [3.05, 3.63) is 89.0 Å². The average Bonchev–Trinajstić information content (AvgIpc) is 2.72. The van der Waals surface area contributed by atoms with Crippen molar-refractivity contribution in [3.8, 4) is 5.75 Å². The highest BCUT2D eigenvalue weighted by Crippen LogP contribution is 2.25. The predicted molar refractivity (Wildman–Crippen MR) is 122 cm³/mol. The Bertz CT molecular complexity index is 968. The van der Waals surface area contributed by atoms with Crippen LogP contribution in [0.25, 0.3) is 0 Å². The molecule has 4 heteroatoms. The highest BCUT2D eigenvalue weighted by atomic mass is 32.2. The largest absolute Gasteiger partial charge is 0.481 e. The number of thioether (sulfide) groups is 1. The number of benzene rings is 3. The zero-order valence-electron chi connectivity index (χ0n) is 17.4. The molecule has 0 fully saturated rings. The molecule has 0 aliphatic carbocycles. The maximum atomic E-state index is 12.6. The summed E-state index contributed by atoms with van der Waals surface area (Å²) < 4.78 is 5.94. The predicted octanol–water partition coefficient (Wildman–Crippen LogP) is 6.31. The molecule has 0 saturated carbocycles. The molecule has 3 aromatic carbocycles. The van der Waals surface area contributed by atoms with E-state index in [1.165, 1.54) is 10.5 Å². The highest BCUT2D eigenvalue weighted by molar-refractivity contribution is 7.98. The van der Waals surface area contributed by atoms with Crippen molar-refractivity contribution in [2.75, 3.05) is 5.32 Å². The smallest absolute Gasteiger partial charge is 0.265 e. The molecule has 0 heterocycles. The molecule has 3 nitrogen and oxygen atoms in total. The van der Waals surface area contributed by atoms with Crippen LogP contribution >= 0.6 is 11.8 Å². The van der Waals surface area contributed by atoms with E-state index in [4.69, 9.17) is 4.74 Å². The molecule has 3 aromatic rings. The van der Waals surface area contributed by atoms with Gasteiger partial charge >= 0.3 is 0 Å². The maximum absolute atomic E-state index is 12.6. The third-order valence-electron chi connectivity index (χ3n) is 4.81. The van der Waals surface area contributed by atoms with E-state index in [1.54, 1.807) is 18.7 Å². The fourth-order valence-corrected chi connectivity index (χ4v) is 3.85. The van der Waals surface area contributed by atoms with Gasteiger partial charge in [0.15, 0.2) is 6.10 Å². The molecule has 0 aliphatic heterocycles. The van der Waals surface area contributed by atoms with Gasteiger partial charge in [-0.3, -0.25) is 4.79 Å². The summed E-state index contributed by atoms with van der Waals surface area (Å²) in [5.41, 5.74) is 5.34. The lowest BCUT2D eigenvalue weighted by Gasteiger charge is -2.18. The van der Waals surface area contributed by atoms with Crippen LogP contribution in [0.3, 0.4) is 0 Å². The van der Waals surface area contributed by atoms with Gasteiger partial charge in [-0.2, -0.15) is 0 Å². The van der Waals surface area contributed by atoms with Crippen LogP contribution in [0.15, 0.2) is 71.6 Å². The highest BCUT2D eigenvalue weighted by Gasteiger charge is 2.16. The van der Waals surface area contributed by atoms with E-state index >= 15 is 0 Å². The normalized spacial score (nSPS) is 11.7. The van der Waals surface area contributed by atoms with Gasteiger partial charge in [-0.1, -0.05) is 36.4 Å². The number of nitrogens with one attached hydrogen (secondary N) is 1. The molecular weight excluding hydrogens is 378 g/mol. The molecule has 0 saturated heterocycles. The average molecular weight is 406 g/mol. The lowest BCUT2D eigenvalue weighted by atomic mass is 10.1. The number of carbonyl (C=O) groups is 1. The Balaban J connectivity index is 1.56. The Morgan fingerprint density at radius 2 is 1.69 bits per heavy atom. The van der Waals surface area contributed by atoms with Crippen LogP contribution in [-0.4, -0.2) is 12.0 Å². The summed E-state index contributed by atoms with van der Waals surface area (Å²) in [6.45, 7) is 7.87. The third-order valence-corrected chi connectivity index (χ3v) is 5.89. The SMILES string of the molecule is Cc1cc(C)c(C)c(O[C@H](C)C(=O)Nc2ccc(CSc3ccccc3)cc2)c1. The fourth-order valence-electron chi connectivity index (χ4n) is 2.98. The molecule has 29 heavy (non-hydrogen) atoms. The molecule has 0 radical (unpaired) electrons. The van der Waals surface area contributed by atoms with E-state index < -0.39 is 6.10 Å². The summed E-state index contributed by atoms with van der Waals surface area (Å²) in [6.07, 6.45) is -0.580. The molecule has 3 rings (SSSR count). The van der Waals surface area contributed by atoms with Crippen molar-refractivity contribution in [2.24, 2.45) is 0 Å². The Labute approximate surface area is 177 Å². The number of hydrogen-bond acceptors (Lipinski definition) is 3. The molecule has 0 unspecified atom stereocenters. The number of carbonyl (C=O) groups excluding carboxylic acids is 1. The maximum Gasteiger partial charge on any atom is 0.265 e. The first-order valence-electron chi connectivity index (χ1n) is 9.74. The number of amides is 1. The first kappa shape index (κ1) is 21.0. The van der Waals surface area contributed by atoms with E-state index in [9.17, 15) is 4.79 Å². The zero-order valence-corrected chi connectivity index (χ0v) is 18.2. The van der Waals surface area contributed by atoms with Gasteiger partial charge in [0.05, 0.1) is 0 Å². The van der Waals surface area contributed by atoms with Gasteiger partial charge in [0.25, 0.3) is 5.91 Å². The van der Waals surface area contributed by atoms with Gasteiger partial charge in [-0.15, -0.1) is 11.8 Å². The first-order valence-corrected chi connectivity index (χ1v) is 10.7. The van der Waals surface area contributed by atoms with Crippen LogP contribution in [0, 0.1) is 20.8 Å². The number of aryl methyl sites for hydroxylation is 2. The van der Waals surface area contributed by atoms with Crippen molar-refractivity contribution in [1.82, 2.24) is 0 Å². The van der Waals surface area contributed by atoms with Crippen molar-refractivity contribution >= 4 is 23.4 Å². The Hall–Kier alpha value is -2.72. The van der Waals surface area contributed by atoms with E-state index in [-0.39, 0.29) is 5.91 Å². The summed E-state index contributed by atoms with van der Waals surface area (Å²) in [5, 5.41) is 2.94. The minimum Gasteiger partial charge on any atom is -0.481 e. The van der Waals surface area contributed by atoms with Crippen molar-refractivity contribution < 1.29 is 9.53 Å². The summed E-state index contributed by atoms with van der Waals surface area (Å²) in [4.78, 5) is 13.8. The van der Waals surface area contributed by atoms with Crippen LogP contribution in [0.5, 0.6) is 5.75 Å². The molecule has 0 spiro atoms. The summed E-state index contributed by atoms with van der Waals surface area (Å²) in [7, 11) is 0. The second-order valence-corrected chi connectivity index (χ2v) is 8.30. The topological polar surface area (TPSA) is 38.3 Å². The Morgan fingerprint density at radius 1 is 1.00 bits per heavy atom. The standard InChI is InChI=1S/C25H27NO2S/c1-17-14-18(2)19(3)24(15-17)28-20(4)25(27)26-22-12-10-21(11-13-22)16-29-23-8-6-5-7-9-23/h5-15,20H,16H2,1-4H3,(H,26,27)/t20-/m1/s1. The number of anilines is 1. The molecule has 0 aliphatic rings. The van der Waals surface area contributed by atoms with Crippen LogP contribution in [-0.2, 0) is 10.5 Å². The Kier molecular flexibility index (Phi) is 6.99. The summed E-state index contributed by atoms with van der Waals surface area (Å²) >= 11 is 1.80. The third kappa shape index (κ3) is 5.88. The molecule has 150 valence electrons. The minimum atomic E-state index is -0.580. The van der Waals surface area contributed by atoms with Gasteiger partial charge in [0, 0.05) is 16.3 Å². The Morgan fingerprint density at radius 3 is 2.38 bits per heavy atom. The lowest BCUT2D eigenvalue weighted by molar-refractivity contribution is -0.122. The first-order chi connectivity index (χ1) is 13.9. The molecule has 1 atom stereocenters. The van der Waals surface area contributed by atoms with Gasteiger partial charge in [-0.25, -0.2) is 0 Å². The second kappa shape index (κ2) is 9.66. The molecular formula is C25H27NO2S. The molecule has 1 N–H and O–H groups in total. The monoisotopic (exact) mass is 405 g/mol. The molecule has 1 amide bonds. The van der Waals surface area contributed by atoms with Gasteiger partial charge in [0.1, 0.15) is 5.75 Å². The summed E-state index contributed by atoms with van der Waals surface area (Å²) in [5.74, 6) is 1.50. The second-order valence-electron chi connectivity index (χ2n) is 7.25. The number of rotatable bonds is 7. The van der Waals surface area contributed by atoms with E-state index in [0.717, 1.165) is 33.9 Å². The quantitative estimate of drug-likeness (QED) is 0.468. The lowest BCUT2D eigenvalue weighted by Crippen LogP contribution is -2.30. The molecule has 0 bridgehead atoms.